The normalized spacial score (nSPS) is 13.6. The quantitative estimate of drug-likeness (QED) is 0.0751. The molecule has 6 aromatic rings. The van der Waals surface area contributed by atoms with E-state index in [1.165, 1.54) is 46.5 Å². The van der Waals surface area contributed by atoms with Gasteiger partial charge in [-0.25, -0.2) is 28.8 Å². The van der Waals surface area contributed by atoms with Crippen LogP contribution in [0.1, 0.15) is 135 Å². The monoisotopic (exact) mass is 846 g/mol. The van der Waals surface area contributed by atoms with Crippen LogP contribution in [0.3, 0.4) is 0 Å². The van der Waals surface area contributed by atoms with Crippen molar-refractivity contribution in [2.45, 2.75) is 57.8 Å². The second kappa shape index (κ2) is 18.0. The standard InChI is InChI=1S/C33H34O2.2C9H4O5/c1-3-5-11-23-21-25(17-19-31(23)34)33(26-18-20-32(35)24(22-26)12-6-4-2)29-15-9-7-13-27(29)28-14-8-10-16-30(28)33;2*10-7(11)4-1-2-5-6(3-4)9(13)14-8(5)12/h7-10,13-22,34-35H,3-6,11-12H2,1-2H3;2*1-3H,(H,10,11). The number of carboxylic acids is 2. The van der Waals surface area contributed by atoms with Crippen molar-refractivity contribution in [1.82, 2.24) is 0 Å². The number of unbranched alkanes of at least 4 members (excludes halogenated alkanes) is 2. The first kappa shape index (κ1) is 43.2. The van der Waals surface area contributed by atoms with Gasteiger partial charge in [-0.15, -0.1) is 0 Å². The lowest BCUT2D eigenvalue weighted by atomic mass is 9.67. The van der Waals surface area contributed by atoms with Crippen LogP contribution >= 0.6 is 0 Å². The molecule has 0 spiro atoms. The fourth-order valence-corrected chi connectivity index (χ4v) is 8.23. The number of benzene rings is 6. The maximum absolute atomic E-state index is 11.0. The molecule has 0 saturated carbocycles. The van der Waals surface area contributed by atoms with Gasteiger partial charge in [0, 0.05) is 0 Å². The molecule has 63 heavy (non-hydrogen) atoms. The molecule has 318 valence electrons. The molecule has 12 heteroatoms. The number of aromatic carboxylic acids is 2. The second-order valence-electron chi connectivity index (χ2n) is 15.2. The summed E-state index contributed by atoms with van der Waals surface area (Å²) in [6.07, 6.45) is 5.95. The van der Waals surface area contributed by atoms with Gasteiger partial charge in [0.15, 0.2) is 0 Å². The number of ether oxygens (including phenoxy) is 2. The van der Waals surface area contributed by atoms with Gasteiger partial charge >= 0.3 is 35.8 Å². The minimum absolute atomic E-state index is 0.00917. The van der Waals surface area contributed by atoms with Crippen LogP contribution in [0, 0.1) is 0 Å². The van der Waals surface area contributed by atoms with Crippen LogP contribution in [0.2, 0.25) is 0 Å². The van der Waals surface area contributed by atoms with Gasteiger partial charge in [-0.2, -0.15) is 0 Å². The Hall–Kier alpha value is -7.86. The van der Waals surface area contributed by atoms with E-state index in [0.717, 1.165) is 72.9 Å². The topological polar surface area (TPSA) is 202 Å². The molecule has 3 aliphatic rings. The lowest BCUT2D eigenvalue weighted by Gasteiger charge is -2.34. The lowest BCUT2D eigenvalue weighted by Crippen LogP contribution is -2.29. The molecule has 0 fully saturated rings. The highest BCUT2D eigenvalue weighted by Gasteiger charge is 2.46. The predicted octanol–water partition coefficient (Wildman–Crippen LogP) is 9.54. The van der Waals surface area contributed by atoms with Gasteiger partial charge in [-0.3, -0.25) is 0 Å². The molecule has 6 aromatic carbocycles. The molecule has 2 aliphatic heterocycles. The van der Waals surface area contributed by atoms with Crippen LogP contribution in [-0.2, 0) is 27.7 Å². The highest BCUT2D eigenvalue weighted by atomic mass is 16.6. The van der Waals surface area contributed by atoms with Gasteiger partial charge in [0.1, 0.15) is 11.5 Å². The number of hydrogen-bond donors (Lipinski definition) is 4. The zero-order valence-corrected chi connectivity index (χ0v) is 34.3. The van der Waals surface area contributed by atoms with E-state index in [1.54, 1.807) is 0 Å². The number of carbonyl (C=O) groups excluding carboxylic acids is 4. The summed E-state index contributed by atoms with van der Waals surface area (Å²) < 4.78 is 8.59. The summed E-state index contributed by atoms with van der Waals surface area (Å²) in [6.45, 7) is 4.36. The number of esters is 4. The van der Waals surface area contributed by atoms with Gasteiger partial charge in [-0.1, -0.05) is 99.5 Å². The molecule has 2 heterocycles. The molecule has 1 aliphatic carbocycles. The first-order valence-corrected chi connectivity index (χ1v) is 20.4. The van der Waals surface area contributed by atoms with E-state index < -0.39 is 41.2 Å². The highest BCUT2D eigenvalue weighted by molar-refractivity contribution is 6.16. The zero-order chi connectivity index (χ0) is 45.0. The molecule has 0 unspecified atom stereocenters. The molecule has 0 aromatic heterocycles. The number of carbonyl (C=O) groups is 6. The van der Waals surface area contributed by atoms with E-state index in [1.807, 2.05) is 12.1 Å². The van der Waals surface area contributed by atoms with Gasteiger partial charge in [0.25, 0.3) is 0 Å². The summed E-state index contributed by atoms with van der Waals surface area (Å²) in [7, 11) is 0. The van der Waals surface area contributed by atoms with E-state index in [9.17, 15) is 39.0 Å². The Labute approximate surface area is 362 Å². The molecule has 0 radical (unpaired) electrons. The summed E-state index contributed by atoms with van der Waals surface area (Å²) in [5.74, 6) is -4.64. The first-order chi connectivity index (χ1) is 30.3. The lowest BCUT2D eigenvalue weighted by molar-refractivity contribution is 0.0425. The van der Waals surface area contributed by atoms with Crippen LogP contribution in [0.25, 0.3) is 11.1 Å². The average molecular weight is 847 g/mol. The Kier molecular flexibility index (Phi) is 12.4. The number of phenols is 2. The van der Waals surface area contributed by atoms with Crippen molar-refractivity contribution < 1.29 is 58.7 Å². The maximum atomic E-state index is 11.0. The minimum Gasteiger partial charge on any atom is -0.508 e. The van der Waals surface area contributed by atoms with Crippen molar-refractivity contribution in [2.75, 3.05) is 0 Å². The molecule has 0 saturated heterocycles. The SMILES string of the molecule is CCCCc1cc(C2(c3ccc(O)c(CCCC)c3)c3ccccc3-c3ccccc32)ccc1O.O=C(O)c1ccc2c(c1)C(=O)OC2=O.O=C(O)c1ccc2c(c1)C(=O)OC2=O. The Bertz CT molecular complexity index is 2640. The van der Waals surface area contributed by atoms with E-state index in [-0.39, 0.29) is 33.4 Å². The van der Waals surface area contributed by atoms with Crippen molar-refractivity contribution in [3.63, 3.8) is 0 Å². The average Bonchev–Trinajstić information content (AvgIpc) is 3.87. The predicted molar refractivity (Wildman–Crippen MR) is 231 cm³/mol. The summed E-state index contributed by atoms with van der Waals surface area (Å²) in [5, 5.41) is 38.7. The molecular weight excluding hydrogens is 805 g/mol. The highest BCUT2D eigenvalue weighted by Crippen LogP contribution is 2.56. The molecule has 4 N–H and O–H groups in total. The Morgan fingerprint density at radius 2 is 0.857 bits per heavy atom. The summed E-state index contributed by atoms with van der Waals surface area (Å²) in [4.78, 5) is 65.1. The Morgan fingerprint density at radius 3 is 1.24 bits per heavy atom. The van der Waals surface area contributed by atoms with Gasteiger partial charge in [0.05, 0.1) is 38.8 Å². The van der Waals surface area contributed by atoms with Gasteiger partial charge in [0.2, 0.25) is 0 Å². The molecule has 0 bridgehead atoms. The van der Waals surface area contributed by atoms with Crippen molar-refractivity contribution in [3.05, 3.63) is 188 Å². The maximum Gasteiger partial charge on any atom is 0.346 e. The van der Waals surface area contributed by atoms with Crippen molar-refractivity contribution in [1.29, 1.82) is 0 Å². The number of phenolic OH excluding ortho intramolecular Hbond substituents is 2. The molecule has 12 nitrogen and oxygen atoms in total. The molecule has 0 atom stereocenters. The van der Waals surface area contributed by atoms with Gasteiger partial charge in [-0.05, 0) is 119 Å². The number of fused-ring (bicyclic) bond motifs is 5. The molecule has 9 rings (SSSR count). The van der Waals surface area contributed by atoms with Gasteiger partial charge < -0.3 is 29.9 Å². The third-order valence-electron chi connectivity index (χ3n) is 11.4. The van der Waals surface area contributed by atoms with Crippen molar-refractivity contribution in [3.8, 4) is 22.6 Å². The van der Waals surface area contributed by atoms with Crippen LogP contribution in [-0.4, -0.2) is 56.2 Å². The van der Waals surface area contributed by atoms with Crippen molar-refractivity contribution >= 4 is 35.8 Å². The third-order valence-corrected chi connectivity index (χ3v) is 11.4. The summed E-state index contributed by atoms with van der Waals surface area (Å²) in [5.41, 5.74) is 8.93. The number of hydrogen-bond acceptors (Lipinski definition) is 10. The summed E-state index contributed by atoms with van der Waals surface area (Å²) >= 11 is 0. The summed E-state index contributed by atoms with van der Waals surface area (Å²) in [6, 6.07) is 37.0. The van der Waals surface area contributed by atoms with E-state index in [4.69, 9.17) is 10.2 Å². The second-order valence-corrected chi connectivity index (χ2v) is 15.2. The number of carboxylic acid groups (broad SMARTS) is 2. The fraction of sp³-hybridized carbons (Fsp3) is 0.176. The van der Waals surface area contributed by atoms with E-state index in [0.29, 0.717) is 11.5 Å². The third kappa shape index (κ3) is 8.18. The molecule has 0 amide bonds. The Morgan fingerprint density at radius 1 is 0.476 bits per heavy atom. The van der Waals surface area contributed by atoms with Crippen LogP contribution < -0.4 is 0 Å². The van der Waals surface area contributed by atoms with E-state index >= 15 is 0 Å². The van der Waals surface area contributed by atoms with Crippen LogP contribution in [0.4, 0.5) is 0 Å². The van der Waals surface area contributed by atoms with E-state index in [2.05, 4.69) is 96.1 Å². The number of rotatable bonds is 10. The van der Waals surface area contributed by atoms with Crippen molar-refractivity contribution in [2.24, 2.45) is 0 Å². The number of aromatic hydroxyl groups is 2. The first-order valence-electron chi connectivity index (χ1n) is 20.4. The smallest absolute Gasteiger partial charge is 0.346 e. The molecular formula is C51H42O12. The zero-order valence-electron chi connectivity index (χ0n) is 34.3. The fourth-order valence-electron chi connectivity index (χ4n) is 8.23. The van der Waals surface area contributed by atoms with Crippen LogP contribution in [0.5, 0.6) is 11.5 Å². The minimum atomic E-state index is -1.15. The van der Waals surface area contributed by atoms with Crippen LogP contribution in [0.15, 0.2) is 121 Å². The Balaban J connectivity index is 0.000000173. The number of cyclic esters (lactones) is 4. The largest absolute Gasteiger partial charge is 0.508 e. The number of aryl methyl sites for hydroxylation is 2.